The maximum Gasteiger partial charge on any atom is 0.246 e. The van der Waals surface area contributed by atoms with Crippen molar-refractivity contribution in [2.45, 2.75) is 37.9 Å². The van der Waals surface area contributed by atoms with Gasteiger partial charge in [0.05, 0.1) is 13.2 Å². The minimum atomic E-state index is -0.818. The van der Waals surface area contributed by atoms with E-state index >= 15 is 0 Å². The van der Waals surface area contributed by atoms with Gasteiger partial charge in [-0.15, -0.1) is 0 Å². The highest BCUT2D eigenvalue weighted by Gasteiger charge is 2.35. The Morgan fingerprint density at radius 3 is 2.41 bits per heavy atom. The summed E-state index contributed by atoms with van der Waals surface area (Å²) in [6, 6.07) is 10.5. The number of ether oxygens (including phenoxy) is 2. The predicted molar refractivity (Wildman–Crippen MR) is 132 cm³/mol. The van der Waals surface area contributed by atoms with Crippen molar-refractivity contribution in [1.29, 1.82) is 0 Å². The quantitative estimate of drug-likeness (QED) is 0.710. The number of nitrogens with two attached hydrogens (primary N) is 1. The first-order valence-corrected chi connectivity index (χ1v) is 12.2. The molecule has 2 aliphatic rings. The molecule has 2 aromatic carbocycles. The molecule has 2 heterocycles. The van der Waals surface area contributed by atoms with Crippen LogP contribution < -0.4 is 15.2 Å². The van der Waals surface area contributed by atoms with E-state index in [1.807, 2.05) is 36.4 Å². The minimum absolute atomic E-state index is 0.149. The zero-order valence-electron chi connectivity index (χ0n) is 20.1. The van der Waals surface area contributed by atoms with Gasteiger partial charge in [0.15, 0.2) is 11.5 Å². The van der Waals surface area contributed by atoms with Crippen molar-refractivity contribution in [3.8, 4) is 17.2 Å². The number of hydrogen-bond acceptors (Lipinski definition) is 7. The van der Waals surface area contributed by atoms with E-state index in [1.54, 1.807) is 40.5 Å². The molecule has 0 aliphatic carbocycles. The fourth-order valence-corrected chi connectivity index (χ4v) is 4.48. The van der Waals surface area contributed by atoms with Gasteiger partial charge in [-0.3, -0.25) is 14.4 Å². The van der Waals surface area contributed by atoms with Crippen molar-refractivity contribution in [3.05, 3.63) is 53.6 Å². The lowest BCUT2D eigenvalue weighted by atomic mass is 10.00. The van der Waals surface area contributed by atoms with Crippen LogP contribution in [0.4, 0.5) is 0 Å². The highest BCUT2D eigenvalue weighted by Crippen LogP contribution is 2.34. The number of fused-ring (bicyclic) bond motifs is 7. The number of benzene rings is 2. The van der Waals surface area contributed by atoms with E-state index in [0.29, 0.717) is 17.2 Å². The molecule has 0 fully saturated rings. The Morgan fingerprint density at radius 1 is 1.18 bits per heavy atom. The molecule has 8 nitrogen and oxygen atoms in total. The fourth-order valence-electron chi connectivity index (χ4n) is 3.96. The van der Waals surface area contributed by atoms with Gasteiger partial charge in [0.1, 0.15) is 17.8 Å². The molecular weight excluding hydrogens is 454 g/mol. The van der Waals surface area contributed by atoms with Gasteiger partial charge in [-0.25, -0.2) is 0 Å². The van der Waals surface area contributed by atoms with E-state index in [2.05, 4.69) is 0 Å². The molecule has 0 aromatic heterocycles. The Hall–Kier alpha value is -3.04. The van der Waals surface area contributed by atoms with Crippen LogP contribution in [-0.2, 0) is 27.2 Å². The highest BCUT2D eigenvalue weighted by molar-refractivity contribution is 8.13. The first kappa shape index (κ1) is 25.6. The largest absolute Gasteiger partial charge is 0.493 e. The third-order valence-electron chi connectivity index (χ3n) is 6.02. The second-order valence-electron chi connectivity index (χ2n) is 8.38. The van der Waals surface area contributed by atoms with Crippen LogP contribution in [0.1, 0.15) is 18.1 Å². The molecule has 0 saturated carbocycles. The average molecular weight is 486 g/mol. The van der Waals surface area contributed by atoms with E-state index < -0.39 is 18.1 Å². The first-order chi connectivity index (χ1) is 16.2. The van der Waals surface area contributed by atoms with Gasteiger partial charge in [-0.2, -0.15) is 0 Å². The molecular formula is C25H31N3O5S. The van der Waals surface area contributed by atoms with Crippen LogP contribution in [0, 0.1) is 0 Å². The Morgan fingerprint density at radius 2 is 1.82 bits per heavy atom. The van der Waals surface area contributed by atoms with Crippen molar-refractivity contribution >= 4 is 28.7 Å². The van der Waals surface area contributed by atoms with Crippen LogP contribution in [0.3, 0.4) is 0 Å². The summed E-state index contributed by atoms with van der Waals surface area (Å²) in [6.07, 6.45) is 2.25. The third kappa shape index (κ3) is 5.53. The smallest absolute Gasteiger partial charge is 0.246 e. The number of methoxy groups -OCH3 is 1. The van der Waals surface area contributed by atoms with Crippen LogP contribution in [0.5, 0.6) is 17.2 Å². The second-order valence-corrected chi connectivity index (χ2v) is 9.19. The van der Waals surface area contributed by atoms with Crippen molar-refractivity contribution in [3.63, 3.8) is 0 Å². The molecule has 3 atom stereocenters. The van der Waals surface area contributed by atoms with E-state index in [4.69, 9.17) is 15.2 Å². The summed E-state index contributed by atoms with van der Waals surface area (Å²) in [5.41, 5.74) is 7.48. The molecule has 4 bridgehead atoms. The lowest BCUT2D eigenvalue weighted by molar-refractivity contribution is -0.146. The number of carbonyl (C=O) groups excluding carboxylic acids is 3. The second kappa shape index (κ2) is 10.9. The Labute approximate surface area is 204 Å². The predicted octanol–water partition coefficient (Wildman–Crippen LogP) is 2.48. The fraction of sp³-hybridized carbons (Fsp3) is 0.400. The number of thioether (sulfide) groups is 1. The summed E-state index contributed by atoms with van der Waals surface area (Å²) >= 11 is 1.07. The topological polar surface area (TPSA) is 102 Å². The van der Waals surface area contributed by atoms with Gasteiger partial charge in [0.25, 0.3) is 0 Å². The Kier molecular flexibility index (Phi) is 8.22. The molecule has 2 aliphatic heterocycles. The molecule has 34 heavy (non-hydrogen) atoms. The number of rotatable bonds is 4. The summed E-state index contributed by atoms with van der Waals surface area (Å²) in [5.74, 6) is 1.02. The minimum Gasteiger partial charge on any atom is -0.493 e. The maximum absolute atomic E-state index is 13.7. The lowest BCUT2D eigenvalue weighted by Gasteiger charge is -2.35. The SMILES string of the molecule is COc1ccc2cc1Oc1ccc(cc1)C[C@H](N(C)C(=O)[C@H](C)N)C(=O)N(C)[C@H](C(=O)SC)C2. The summed E-state index contributed by atoms with van der Waals surface area (Å²) in [4.78, 5) is 42.2. The van der Waals surface area contributed by atoms with Gasteiger partial charge in [0, 0.05) is 26.9 Å². The summed E-state index contributed by atoms with van der Waals surface area (Å²) < 4.78 is 11.5. The van der Waals surface area contributed by atoms with Crippen molar-refractivity contribution in [2.75, 3.05) is 27.5 Å². The molecule has 0 unspecified atom stereocenters. The molecule has 182 valence electrons. The number of amides is 2. The molecule has 2 aromatic rings. The maximum atomic E-state index is 13.7. The van der Waals surface area contributed by atoms with Crippen molar-refractivity contribution < 1.29 is 23.9 Å². The Balaban J connectivity index is 2.12. The van der Waals surface area contributed by atoms with Crippen molar-refractivity contribution in [2.24, 2.45) is 5.73 Å². The molecule has 4 rings (SSSR count). The Bertz CT molecular complexity index is 1060. The zero-order chi connectivity index (χ0) is 25.0. The molecule has 2 amide bonds. The van der Waals surface area contributed by atoms with Gasteiger partial charge in [0.2, 0.25) is 16.9 Å². The van der Waals surface area contributed by atoms with E-state index in [-0.39, 0.29) is 29.8 Å². The number of nitrogens with zero attached hydrogens (tertiary/aromatic N) is 2. The molecule has 0 saturated heterocycles. The van der Waals surface area contributed by atoms with Crippen molar-refractivity contribution in [1.82, 2.24) is 9.80 Å². The number of hydrogen-bond donors (Lipinski definition) is 1. The van der Waals surface area contributed by atoms with Crippen LogP contribution in [0.25, 0.3) is 0 Å². The summed E-state index contributed by atoms with van der Waals surface area (Å²) in [6.45, 7) is 1.59. The van der Waals surface area contributed by atoms with Crippen LogP contribution in [0.2, 0.25) is 0 Å². The first-order valence-electron chi connectivity index (χ1n) is 11.0. The van der Waals surface area contributed by atoms with E-state index in [1.165, 1.54) is 9.80 Å². The van der Waals surface area contributed by atoms with E-state index in [9.17, 15) is 14.4 Å². The molecule has 9 heteroatoms. The van der Waals surface area contributed by atoms with Gasteiger partial charge in [-0.05, 0) is 48.6 Å². The van der Waals surface area contributed by atoms with Crippen LogP contribution >= 0.6 is 11.8 Å². The average Bonchev–Trinajstić information content (AvgIpc) is 2.84. The standard InChI is InChI=1S/C25H31N3O5S/c1-15(26)23(29)27(2)19-12-16-6-9-18(10-7-16)33-22-14-17(8-11-21(22)32-4)13-20(25(31)34-5)28(3)24(19)30/h6-11,14-15,19-20H,12-13,26H2,1-5H3/t15-,19-,20-/m0/s1. The molecule has 2 N–H and O–H groups in total. The van der Waals surface area contributed by atoms with Crippen LogP contribution in [-0.4, -0.2) is 72.3 Å². The lowest BCUT2D eigenvalue weighted by Crippen LogP contribution is -2.55. The van der Waals surface area contributed by atoms with E-state index in [0.717, 1.165) is 22.9 Å². The summed E-state index contributed by atoms with van der Waals surface area (Å²) in [5, 5.41) is -0.149. The zero-order valence-corrected chi connectivity index (χ0v) is 20.9. The number of carbonyl (C=O) groups is 3. The van der Waals surface area contributed by atoms with Gasteiger partial charge < -0.3 is 25.0 Å². The van der Waals surface area contributed by atoms with Gasteiger partial charge in [-0.1, -0.05) is 30.0 Å². The third-order valence-corrected chi connectivity index (χ3v) is 6.69. The van der Waals surface area contributed by atoms with Crippen LogP contribution in [0.15, 0.2) is 42.5 Å². The highest BCUT2D eigenvalue weighted by atomic mass is 32.2. The molecule has 0 radical (unpaired) electrons. The number of likely N-dealkylation sites (N-methyl/N-ethyl adjacent to an activating group) is 2. The monoisotopic (exact) mass is 485 g/mol. The normalized spacial score (nSPS) is 19.1. The summed E-state index contributed by atoms with van der Waals surface area (Å²) in [7, 11) is 4.74. The molecule has 0 spiro atoms. The van der Waals surface area contributed by atoms with Gasteiger partial charge >= 0.3 is 0 Å².